The number of nitrogens with two attached hydrogens (primary N) is 1. The average molecular weight is 273 g/mol. The second-order valence-electron chi connectivity index (χ2n) is 2.43. The first-order valence-electron chi connectivity index (χ1n) is 3.41. The Morgan fingerprint density at radius 3 is 2.54 bits per heavy atom. The second kappa shape index (κ2) is 5.52. The molecule has 1 atom stereocenters. The Kier molecular flexibility index (Phi) is 5.44. The lowest BCUT2D eigenvalue weighted by Gasteiger charge is -2.07. The van der Waals surface area contributed by atoms with E-state index in [4.69, 9.17) is 5.73 Å². The molecule has 0 aliphatic rings. The highest BCUT2D eigenvalue weighted by atomic mass is 79.9. The first kappa shape index (κ1) is 12.8. The van der Waals surface area contributed by atoms with E-state index in [0.717, 1.165) is 0 Å². The van der Waals surface area contributed by atoms with Crippen LogP contribution in [0.15, 0.2) is 22.7 Å². The molecule has 0 bridgehead atoms. The monoisotopic (exact) mass is 271 g/mol. The number of benzene rings is 1. The van der Waals surface area contributed by atoms with Crippen LogP contribution in [-0.2, 0) is 0 Å². The van der Waals surface area contributed by atoms with Crippen molar-refractivity contribution < 1.29 is 8.78 Å². The summed E-state index contributed by atoms with van der Waals surface area (Å²) in [6, 6.07) is 3.56. The van der Waals surface area contributed by atoms with Crippen molar-refractivity contribution in [2.24, 2.45) is 5.73 Å². The summed E-state index contributed by atoms with van der Waals surface area (Å²) in [5.41, 5.74) is 5.98. The van der Waals surface area contributed by atoms with Crippen LogP contribution in [0.4, 0.5) is 8.78 Å². The Hall–Kier alpha value is -0.190. The predicted octanol–water partition coefficient (Wildman–Crippen LogP) is 2.98. The minimum Gasteiger partial charge on any atom is -0.322 e. The van der Waals surface area contributed by atoms with Crippen molar-refractivity contribution in [3.63, 3.8) is 0 Å². The zero-order chi connectivity index (χ0) is 9.14. The van der Waals surface area contributed by atoms with E-state index in [2.05, 4.69) is 15.9 Å². The van der Waals surface area contributed by atoms with Crippen molar-refractivity contribution >= 4 is 28.3 Å². The molecule has 1 rings (SSSR count). The Labute approximate surface area is 89.9 Å². The Bertz CT molecular complexity index is 283. The fourth-order valence-corrected chi connectivity index (χ4v) is 1.23. The van der Waals surface area contributed by atoms with Gasteiger partial charge in [0.05, 0.1) is 10.5 Å². The van der Waals surface area contributed by atoms with Gasteiger partial charge in [-0.05, 0) is 33.6 Å². The van der Waals surface area contributed by atoms with Gasteiger partial charge in [0.2, 0.25) is 0 Å². The van der Waals surface area contributed by atoms with Crippen LogP contribution in [-0.4, -0.2) is 6.67 Å². The van der Waals surface area contributed by atoms with Crippen molar-refractivity contribution in [3.8, 4) is 0 Å². The summed E-state index contributed by atoms with van der Waals surface area (Å²) in [4.78, 5) is 0. The quantitative estimate of drug-likeness (QED) is 0.880. The molecule has 0 aliphatic heterocycles. The van der Waals surface area contributed by atoms with Gasteiger partial charge in [0.15, 0.2) is 0 Å². The molecule has 0 saturated carbocycles. The highest BCUT2D eigenvalue weighted by Crippen LogP contribution is 2.20. The molecule has 1 nitrogen and oxygen atoms in total. The van der Waals surface area contributed by atoms with Crippen LogP contribution < -0.4 is 5.73 Å². The van der Waals surface area contributed by atoms with E-state index in [9.17, 15) is 8.78 Å². The van der Waals surface area contributed by atoms with Crippen LogP contribution in [0.2, 0.25) is 0 Å². The predicted molar refractivity (Wildman–Crippen MR) is 54.3 cm³/mol. The van der Waals surface area contributed by atoms with Crippen LogP contribution in [0.5, 0.6) is 0 Å². The fourth-order valence-electron chi connectivity index (χ4n) is 0.832. The average Bonchev–Trinajstić information content (AvgIpc) is 2.08. The molecule has 1 aromatic carbocycles. The first-order valence-corrected chi connectivity index (χ1v) is 4.21. The topological polar surface area (TPSA) is 26.0 Å². The molecule has 0 saturated heterocycles. The summed E-state index contributed by atoms with van der Waals surface area (Å²) in [6.07, 6.45) is 0. The van der Waals surface area contributed by atoms with Crippen molar-refractivity contribution in [3.05, 3.63) is 34.1 Å². The summed E-state index contributed by atoms with van der Waals surface area (Å²) in [7, 11) is 0. The molecule has 0 amide bonds. The molecule has 2 N–H and O–H groups in total. The summed E-state index contributed by atoms with van der Waals surface area (Å²) in [5, 5.41) is 0. The van der Waals surface area contributed by atoms with Gasteiger partial charge in [-0.3, -0.25) is 0 Å². The molecule has 0 aromatic heterocycles. The first-order chi connectivity index (χ1) is 5.65. The van der Waals surface area contributed by atoms with E-state index in [1.54, 1.807) is 0 Å². The minimum absolute atomic E-state index is 0. The van der Waals surface area contributed by atoms with Gasteiger partial charge in [-0.25, -0.2) is 8.78 Å². The van der Waals surface area contributed by atoms with Gasteiger partial charge in [-0.15, -0.1) is 12.4 Å². The lowest BCUT2D eigenvalue weighted by Crippen LogP contribution is -2.12. The third-order valence-electron chi connectivity index (χ3n) is 1.54. The summed E-state index contributed by atoms with van der Waals surface area (Å²) >= 11 is 2.99. The second-order valence-corrected chi connectivity index (χ2v) is 3.29. The van der Waals surface area contributed by atoms with Crippen LogP contribution in [0.1, 0.15) is 11.6 Å². The molecule has 1 aromatic rings. The van der Waals surface area contributed by atoms with Crippen LogP contribution in [0, 0.1) is 5.82 Å². The van der Waals surface area contributed by atoms with Crippen molar-refractivity contribution in [2.45, 2.75) is 6.04 Å². The van der Waals surface area contributed by atoms with Crippen molar-refractivity contribution in [2.75, 3.05) is 6.67 Å². The number of alkyl halides is 1. The van der Waals surface area contributed by atoms with Crippen LogP contribution >= 0.6 is 28.3 Å². The smallest absolute Gasteiger partial charge is 0.137 e. The van der Waals surface area contributed by atoms with Gasteiger partial charge in [-0.2, -0.15) is 0 Å². The molecule has 0 radical (unpaired) electrons. The highest BCUT2D eigenvalue weighted by Gasteiger charge is 2.07. The maximum atomic E-state index is 12.7. The number of rotatable bonds is 2. The maximum absolute atomic E-state index is 12.7. The molecule has 74 valence electrons. The van der Waals surface area contributed by atoms with E-state index >= 15 is 0 Å². The van der Waals surface area contributed by atoms with E-state index in [1.165, 1.54) is 18.2 Å². The van der Waals surface area contributed by atoms with Gasteiger partial charge in [0.1, 0.15) is 12.5 Å². The SMILES string of the molecule is Cl.N[C@@H](CF)c1ccc(F)c(Br)c1. The highest BCUT2D eigenvalue weighted by molar-refractivity contribution is 9.10. The zero-order valence-electron chi connectivity index (χ0n) is 6.64. The zero-order valence-corrected chi connectivity index (χ0v) is 9.04. The Balaban J connectivity index is 0.00000144. The van der Waals surface area contributed by atoms with E-state index in [-0.39, 0.29) is 18.2 Å². The van der Waals surface area contributed by atoms with Gasteiger partial charge in [-0.1, -0.05) is 6.07 Å². The van der Waals surface area contributed by atoms with Gasteiger partial charge >= 0.3 is 0 Å². The molecule has 0 unspecified atom stereocenters. The van der Waals surface area contributed by atoms with Crippen LogP contribution in [0.3, 0.4) is 0 Å². The third kappa shape index (κ3) is 3.21. The molecule has 0 spiro atoms. The number of hydrogen-bond acceptors (Lipinski definition) is 1. The number of halogens is 4. The molecule has 5 heteroatoms. The van der Waals surface area contributed by atoms with Crippen LogP contribution in [0.25, 0.3) is 0 Å². The largest absolute Gasteiger partial charge is 0.322 e. The normalized spacial score (nSPS) is 12.0. The Morgan fingerprint density at radius 2 is 2.08 bits per heavy atom. The minimum atomic E-state index is -0.665. The fraction of sp³-hybridized carbons (Fsp3) is 0.250. The summed E-state index contributed by atoms with van der Waals surface area (Å²) in [5.74, 6) is -0.371. The molecule has 13 heavy (non-hydrogen) atoms. The van der Waals surface area contributed by atoms with Crippen molar-refractivity contribution in [1.29, 1.82) is 0 Å². The van der Waals surface area contributed by atoms with Crippen molar-refractivity contribution in [1.82, 2.24) is 0 Å². The third-order valence-corrected chi connectivity index (χ3v) is 2.15. The Morgan fingerprint density at radius 1 is 1.46 bits per heavy atom. The van der Waals surface area contributed by atoms with Gasteiger partial charge in [0.25, 0.3) is 0 Å². The molecular formula is C8H9BrClF2N. The van der Waals surface area contributed by atoms with E-state index in [0.29, 0.717) is 10.0 Å². The molecule has 0 aliphatic carbocycles. The molecule has 0 heterocycles. The summed E-state index contributed by atoms with van der Waals surface area (Å²) < 4.78 is 25.1. The standard InChI is InChI=1S/C8H8BrF2N.ClH/c9-6-3-5(8(12)4-10)1-2-7(6)11;/h1-3,8H,4,12H2;1H/t8-;/m0./s1. The lowest BCUT2D eigenvalue weighted by molar-refractivity contribution is 0.436. The number of hydrogen-bond donors (Lipinski definition) is 1. The summed E-state index contributed by atoms with van der Waals surface area (Å²) in [6.45, 7) is -0.641. The maximum Gasteiger partial charge on any atom is 0.137 e. The van der Waals surface area contributed by atoms with E-state index in [1.807, 2.05) is 0 Å². The molecular weight excluding hydrogens is 263 g/mol. The van der Waals surface area contributed by atoms with Gasteiger partial charge in [0, 0.05) is 0 Å². The molecule has 0 fully saturated rings. The van der Waals surface area contributed by atoms with E-state index < -0.39 is 12.7 Å². The lowest BCUT2D eigenvalue weighted by atomic mass is 10.1. The van der Waals surface area contributed by atoms with Gasteiger partial charge < -0.3 is 5.73 Å².